The molecular formula is C13H19NO5. The van der Waals surface area contributed by atoms with E-state index in [-0.39, 0.29) is 6.61 Å². The standard InChI is InChI=1S/C13H19NO5/c1-5-19-13(15)12(14)11-9(17-3)6-8(16-2)7-10(11)18-4/h6-7,12H,5,14H2,1-4H3. The van der Waals surface area contributed by atoms with Crippen molar-refractivity contribution in [2.24, 2.45) is 5.73 Å². The third-order valence-corrected chi connectivity index (χ3v) is 2.60. The van der Waals surface area contributed by atoms with Crippen LogP contribution in [-0.4, -0.2) is 33.9 Å². The molecule has 2 N–H and O–H groups in total. The van der Waals surface area contributed by atoms with E-state index in [4.69, 9.17) is 24.7 Å². The summed E-state index contributed by atoms with van der Waals surface area (Å²) >= 11 is 0. The van der Waals surface area contributed by atoms with Gasteiger partial charge in [0.1, 0.15) is 23.3 Å². The molecule has 0 radical (unpaired) electrons. The third kappa shape index (κ3) is 3.29. The molecule has 6 nitrogen and oxygen atoms in total. The molecule has 1 atom stereocenters. The molecule has 0 aliphatic carbocycles. The number of hydrogen-bond acceptors (Lipinski definition) is 6. The van der Waals surface area contributed by atoms with Crippen LogP contribution in [0, 0.1) is 0 Å². The lowest BCUT2D eigenvalue weighted by Crippen LogP contribution is -2.25. The summed E-state index contributed by atoms with van der Waals surface area (Å²) in [5.41, 5.74) is 6.33. The van der Waals surface area contributed by atoms with Crippen molar-refractivity contribution in [1.29, 1.82) is 0 Å². The highest BCUT2D eigenvalue weighted by Crippen LogP contribution is 2.37. The van der Waals surface area contributed by atoms with Gasteiger partial charge in [0.05, 0.1) is 33.5 Å². The Morgan fingerprint density at radius 2 is 1.68 bits per heavy atom. The molecule has 0 saturated heterocycles. The van der Waals surface area contributed by atoms with E-state index in [1.165, 1.54) is 21.3 Å². The third-order valence-electron chi connectivity index (χ3n) is 2.60. The quantitative estimate of drug-likeness (QED) is 0.783. The summed E-state index contributed by atoms with van der Waals surface area (Å²) in [6, 6.07) is 2.30. The fraction of sp³-hybridized carbons (Fsp3) is 0.462. The summed E-state index contributed by atoms with van der Waals surface area (Å²) in [5.74, 6) is 0.839. The smallest absolute Gasteiger partial charge is 0.327 e. The number of methoxy groups -OCH3 is 3. The van der Waals surface area contributed by atoms with Crippen molar-refractivity contribution >= 4 is 5.97 Å². The highest BCUT2D eigenvalue weighted by atomic mass is 16.5. The number of rotatable bonds is 6. The van der Waals surface area contributed by atoms with Crippen molar-refractivity contribution in [3.63, 3.8) is 0 Å². The monoisotopic (exact) mass is 269 g/mol. The molecule has 0 aromatic heterocycles. The zero-order chi connectivity index (χ0) is 14.4. The van der Waals surface area contributed by atoms with Gasteiger partial charge in [-0.25, -0.2) is 4.79 Å². The van der Waals surface area contributed by atoms with E-state index in [2.05, 4.69) is 0 Å². The van der Waals surface area contributed by atoms with Crippen LogP contribution in [0.15, 0.2) is 12.1 Å². The van der Waals surface area contributed by atoms with Gasteiger partial charge in [-0.15, -0.1) is 0 Å². The molecule has 0 aliphatic heterocycles. The summed E-state index contributed by atoms with van der Waals surface area (Å²) in [6.07, 6.45) is 0. The first-order chi connectivity index (χ1) is 9.08. The van der Waals surface area contributed by atoms with Crippen LogP contribution in [0.2, 0.25) is 0 Å². The molecular weight excluding hydrogens is 250 g/mol. The average Bonchev–Trinajstić information content (AvgIpc) is 2.44. The lowest BCUT2D eigenvalue weighted by molar-refractivity contribution is -0.144. The van der Waals surface area contributed by atoms with Crippen molar-refractivity contribution < 1.29 is 23.7 Å². The van der Waals surface area contributed by atoms with E-state index in [0.29, 0.717) is 22.8 Å². The molecule has 6 heteroatoms. The molecule has 1 rings (SSSR count). The first-order valence-electron chi connectivity index (χ1n) is 5.81. The molecule has 0 bridgehead atoms. The fourth-order valence-corrected chi connectivity index (χ4v) is 1.69. The van der Waals surface area contributed by atoms with E-state index in [0.717, 1.165) is 0 Å². The Kier molecular flexibility index (Phi) is 5.44. The maximum Gasteiger partial charge on any atom is 0.327 e. The summed E-state index contributed by atoms with van der Waals surface area (Å²) in [6.45, 7) is 1.97. The van der Waals surface area contributed by atoms with Crippen LogP contribution in [0.3, 0.4) is 0 Å². The zero-order valence-electron chi connectivity index (χ0n) is 11.6. The van der Waals surface area contributed by atoms with Crippen LogP contribution in [0.4, 0.5) is 0 Å². The van der Waals surface area contributed by atoms with Crippen LogP contribution in [-0.2, 0) is 9.53 Å². The van der Waals surface area contributed by atoms with Crippen molar-refractivity contribution in [2.45, 2.75) is 13.0 Å². The SMILES string of the molecule is CCOC(=O)C(N)c1c(OC)cc(OC)cc1OC. The number of nitrogens with two attached hydrogens (primary N) is 1. The Morgan fingerprint density at radius 1 is 1.16 bits per heavy atom. The molecule has 106 valence electrons. The van der Waals surface area contributed by atoms with E-state index < -0.39 is 12.0 Å². The summed E-state index contributed by atoms with van der Waals surface area (Å²) in [4.78, 5) is 11.7. The Hall–Kier alpha value is -1.95. The van der Waals surface area contributed by atoms with Gasteiger partial charge < -0.3 is 24.7 Å². The maximum absolute atomic E-state index is 11.7. The fourth-order valence-electron chi connectivity index (χ4n) is 1.69. The lowest BCUT2D eigenvalue weighted by atomic mass is 10.0. The number of ether oxygens (including phenoxy) is 4. The maximum atomic E-state index is 11.7. The first-order valence-corrected chi connectivity index (χ1v) is 5.81. The Labute approximate surface area is 112 Å². The number of esters is 1. The highest BCUT2D eigenvalue weighted by Gasteiger charge is 2.26. The Morgan fingerprint density at radius 3 is 2.05 bits per heavy atom. The van der Waals surface area contributed by atoms with E-state index >= 15 is 0 Å². The molecule has 1 aromatic rings. The average molecular weight is 269 g/mol. The summed E-state index contributed by atoms with van der Waals surface area (Å²) in [5, 5.41) is 0. The lowest BCUT2D eigenvalue weighted by Gasteiger charge is -2.18. The minimum Gasteiger partial charge on any atom is -0.496 e. The molecule has 0 amide bonds. The second-order valence-corrected chi connectivity index (χ2v) is 3.68. The molecule has 19 heavy (non-hydrogen) atoms. The first kappa shape index (κ1) is 15.1. The van der Waals surface area contributed by atoms with Gasteiger partial charge in [0.15, 0.2) is 0 Å². The summed E-state index contributed by atoms with van der Waals surface area (Å²) < 4.78 is 20.5. The molecule has 1 unspecified atom stereocenters. The van der Waals surface area contributed by atoms with Crippen molar-refractivity contribution in [2.75, 3.05) is 27.9 Å². The molecule has 0 saturated carbocycles. The predicted octanol–water partition coefficient (Wildman–Crippen LogP) is 1.28. The predicted molar refractivity (Wildman–Crippen MR) is 69.7 cm³/mol. The van der Waals surface area contributed by atoms with E-state index in [9.17, 15) is 4.79 Å². The number of hydrogen-bond donors (Lipinski definition) is 1. The van der Waals surface area contributed by atoms with Gasteiger partial charge in [-0.05, 0) is 6.92 Å². The van der Waals surface area contributed by atoms with Gasteiger partial charge in [-0.2, -0.15) is 0 Å². The van der Waals surface area contributed by atoms with Gasteiger partial charge in [-0.3, -0.25) is 0 Å². The van der Waals surface area contributed by atoms with Crippen molar-refractivity contribution in [1.82, 2.24) is 0 Å². The minimum absolute atomic E-state index is 0.257. The normalized spacial score (nSPS) is 11.6. The molecule has 0 spiro atoms. The molecule has 0 heterocycles. The van der Waals surface area contributed by atoms with E-state index in [1.807, 2.05) is 0 Å². The van der Waals surface area contributed by atoms with Crippen LogP contribution in [0.5, 0.6) is 17.2 Å². The summed E-state index contributed by atoms with van der Waals surface area (Å²) in [7, 11) is 4.49. The Balaban J connectivity index is 3.27. The molecule has 0 fully saturated rings. The minimum atomic E-state index is -0.976. The van der Waals surface area contributed by atoms with Crippen molar-refractivity contribution in [3.05, 3.63) is 17.7 Å². The number of benzene rings is 1. The van der Waals surface area contributed by atoms with Gasteiger partial charge in [-0.1, -0.05) is 0 Å². The van der Waals surface area contributed by atoms with Gasteiger partial charge in [0.25, 0.3) is 0 Å². The highest BCUT2D eigenvalue weighted by molar-refractivity contribution is 5.80. The van der Waals surface area contributed by atoms with Gasteiger partial charge >= 0.3 is 5.97 Å². The van der Waals surface area contributed by atoms with Crippen LogP contribution in [0.25, 0.3) is 0 Å². The second-order valence-electron chi connectivity index (χ2n) is 3.68. The van der Waals surface area contributed by atoms with Crippen LogP contribution >= 0.6 is 0 Å². The van der Waals surface area contributed by atoms with Gasteiger partial charge in [0.2, 0.25) is 0 Å². The van der Waals surface area contributed by atoms with Crippen molar-refractivity contribution in [3.8, 4) is 17.2 Å². The van der Waals surface area contributed by atoms with Crippen LogP contribution in [0.1, 0.15) is 18.5 Å². The number of carbonyl (C=O) groups excluding carboxylic acids is 1. The van der Waals surface area contributed by atoms with E-state index in [1.54, 1.807) is 19.1 Å². The second kappa shape index (κ2) is 6.84. The van der Waals surface area contributed by atoms with Gasteiger partial charge in [0, 0.05) is 12.1 Å². The molecule has 0 aliphatic rings. The molecule has 1 aromatic carbocycles. The number of carbonyl (C=O) groups is 1. The van der Waals surface area contributed by atoms with Crippen LogP contribution < -0.4 is 19.9 Å². The largest absolute Gasteiger partial charge is 0.496 e. The topological polar surface area (TPSA) is 80.0 Å². The zero-order valence-corrected chi connectivity index (χ0v) is 11.6. The Bertz CT molecular complexity index is 422.